The second-order valence-corrected chi connectivity index (χ2v) is 5.53. The molecule has 0 radical (unpaired) electrons. The van der Waals surface area contributed by atoms with Gasteiger partial charge in [0.1, 0.15) is 17.2 Å². The Balaban J connectivity index is 1.58. The molecule has 3 aromatic rings. The Morgan fingerprint density at radius 2 is 1.07 bits per heavy atom. The van der Waals surface area contributed by atoms with E-state index in [9.17, 15) is 9.59 Å². The molecule has 27 heavy (non-hydrogen) atoms. The Kier molecular flexibility index (Phi) is 5.91. The van der Waals surface area contributed by atoms with Gasteiger partial charge in [-0.3, -0.25) is 0 Å². The molecule has 136 valence electrons. The molecule has 0 saturated heterocycles. The summed E-state index contributed by atoms with van der Waals surface area (Å²) in [4.78, 5) is 23.6. The minimum absolute atomic E-state index is 0.0568. The Bertz CT molecular complexity index is 928. The third-order valence-electron chi connectivity index (χ3n) is 3.19. The molecule has 3 aromatic carbocycles. The van der Waals surface area contributed by atoms with E-state index in [0.717, 1.165) is 0 Å². The third-order valence-corrected chi connectivity index (χ3v) is 3.48. The van der Waals surface area contributed by atoms with Gasteiger partial charge in [-0.25, -0.2) is 9.59 Å². The van der Waals surface area contributed by atoms with Crippen molar-refractivity contribution in [2.75, 3.05) is 0 Å². The molecule has 0 aromatic heterocycles. The van der Waals surface area contributed by atoms with E-state index in [-0.39, 0.29) is 16.5 Å². The summed E-state index contributed by atoms with van der Waals surface area (Å²) in [5.41, 5.74) is 0. The van der Waals surface area contributed by atoms with Crippen LogP contribution in [0.4, 0.5) is 9.59 Å². The highest BCUT2D eigenvalue weighted by atomic mass is 35.5. The molecule has 0 fully saturated rings. The van der Waals surface area contributed by atoms with Crippen LogP contribution in [0.15, 0.2) is 78.9 Å². The number of ether oxygens (including phenoxy) is 4. The van der Waals surface area contributed by atoms with E-state index in [1.54, 1.807) is 60.7 Å². The molecule has 0 atom stereocenters. The first-order chi connectivity index (χ1) is 13.1. The summed E-state index contributed by atoms with van der Waals surface area (Å²) in [5, 5.41) is 0.0602. The summed E-state index contributed by atoms with van der Waals surface area (Å²) in [5.74, 6) is 0.866. The number of para-hydroxylation sites is 2. The van der Waals surface area contributed by atoms with Gasteiger partial charge in [0.05, 0.1) is 5.02 Å². The second-order valence-electron chi connectivity index (χ2n) is 5.13. The molecular weight excluding hydrogens is 372 g/mol. The summed E-state index contributed by atoms with van der Waals surface area (Å²) in [7, 11) is 0. The Morgan fingerprint density at radius 3 is 1.59 bits per heavy atom. The highest BCUT2D eigenvalue weighted by Gasteiger charge is 2.14. The predicted molar refractivity (Wildman–Crippen MR) is 97.6 cm³/mol. The molecule has 0 bridgehead atoms. The van der Waals surface area contributed by atoms with E-state index in [2.05, 4.69) is 0 Å². The van der Waals surface area contributed by atoms with Gasteiger partial charge >= 0.3 is 12.3 Å². The maximum Gasteiger partial charge on any atom is 0.519 e. The third kappa shape index (κ3) is 5.49. The molecule has 0 saturated carbocycles. The van der Waals surface area contributed by atoms with Crippen molar-refractivity contribution in [1.82, 2.24) is 0 Å². The zero-order valence-electron chi connectivity index (χ0n) is 13.8. The lowest BCUT2D eigenvalue weighted by Gasteiger charge is -2.09. The van der Waals surface area contributed by atoms with E-state index < -0.39 is 12.3 Å². The lowest BCUT2D eigenvalue weighted by Crippen LogP contribution is -2.15. The van der Waals surface area contributed by atoms with Gasteiger partial charge in [0.2, 0.25) is 0 Å². The molecule has 0 aliphatic rings. The van der Waals surface area contributed by atoms with Crippen molar-refractivity contribution < 1.29 is 28.5 Å². The number of hydrogen-bond donors (Lipinski definition) is 0. The van der Waals surface area contributed by atoms with Crippen molar-refractivity contribution in [2.24, 2.45) is 0 Å². The van der Waals surface area contributed by atoms with Crippen molar-refractivity contribution in [3.63, 3.8) is 0 Å². The molecule has 0 aliphatic carbocycles. The molecule has 0 N–H and O–H groups in total. The van der Waals surface area contributed by atoms with Gasteiger partial charge < -0.3 is 18.9 Å². The molecule has 3 rings (SSSR count). The maximum absolute atomic E-state index is 11.8. The standard InChI is InChI=1S/C20H13ClO6/c21-17-13-16(26-19(22)24-14-7-3-1-4-8-14)11-12-18(17)27-20(23)25-15-9-5-2-6-10-15/h1-13H. The van der Waals surface area contributed by atoms with Crippen molar-refractivity contribution >= 4 is 23.9 Å². The topological polar surface area (TPSA) is 71.1 Å². The van der Waals surface area contributed by atoms with Gasteiger partial charge in [-0.15, -0.1) is 0 Å². The Morgan fingerprint density at radius 1 is 0.593 bits per heavy atom. The van der Waals surface area contributed by atoms with Gasteiger partial charge in [-0.1, -0.05) is 48.0 Å². The van der Waals surface area contributed by atoms with E-state index in [1.165, 1.54) is 18.2 Å². The number of rotatable bonds is 4. The first-order valence-corrected chi connectivity index (χ1v) is 8.17. The second kappa shape index (κ2) is 8.73. The van der Waals surface area contributed by atoms with Crippen LogP contribution in [0.1, 0.15) is 0 Å². The number of halogens is 1. The zero-order chi connectivity index (χ0) is 19.1. The zero-order valence-corrected chi connectivity index (χ0v) is 14.6. The fraction of sp³-hybridized carbons (Fsp3) is 0. The molecule has 6 nitrogen and oxygen atoms in total. The van der Waals surface area contributed by atoms with Crippen LogP contribution in [0, 0.1) is 0 Å². The summed E-state index contributed by atoms with van der Waals surface area (Å²) < 4.78 is 20.1. The average Bonchev–Trinajstić information content (AvgIpc) is 2.65. The summed E-state index contributed by atoms with van der Waals surface area (Å²) >= 11 is 6.06. The lowest BCUT2D eigenvalue weighted by atomic mass is 10.3. The average molecular weight is 385 g/mol. The fourth-order valence-corrected chi connectivity index (χ4v) is 2.23. The highest BCUT2D eigenvalue weighted by Crippen LogP contribution is 2.29. The molecule has 0 spiro atoms. The van der Waals surface area contributed by atoms with Crippen LogP contribution in [0.25, 0.3) is 0 Å². The minimum atomic E-state index is -0.944. The van der Waals surface area contributed by atoms with Crippen LogP contribution < -0.4 is 18.9 Å². The molecule has 0 unspecified atom stereocenters. The van der Waals surface area contributed by atoms with Crippen molar-refractivity contribution in [3.8, 4) is 23.0 Å². The molecular formula is C20H13ClO6. The quantitative estimate of drug-likeness (QED) is 0.437. The van der Waals surface area contributed by atoms with Crippen LogP contribution >= 0.6 is 11.6 Å². The van der Waals surface area contributed by atoms with Crippen LogP contribution in [0.2, 0.25) is 5.02 Å². The van der Waals surface area contributed by atoms with Crippen LogP contribution in [-0.4, -0.2) is 12.3 Å². The lowest BCUT2D eigenvalue weighted by molar-refractivity contribution is 0.149. The number of carbonyl (C=O) groups is 2. The smallest absolute Gasteiger partial charge is 0.395 e. The monoisotopic (exact) mass is 384 g/mol. The van der Waals surface area contributed by atoms with Crippen LogP contribution in [0.5, 0.6) is 23.0 Å². The first-order valence-electron chi connectivity index (χ1n) is 7.79. The van der Waals surface area contributed by atoms with Gasteiger partial charge in [0.15, 0.2) is 5.75 Å². The van der Waals surface area contributed by atoms with Gasteiger partial charge in [-0.2, -0.15) is 0 Å². The van der Waals surface area contributed by atoms with Crippen LogP contribution in [0.3, 0.4) is 0 Å². The van der Waals surface area contributed by atoms with Gasteiger partial charge in [-0.05, 0) is 36.4 Å². The Labute approximate surface area is 159 Å². The molecule has 0 amide bonds. The van der Waals surface area contributed by atoms with E-state index >= 15 is 0 Å². The SMILES string of the molecule is O=C(Oc1ccccc1)Oc1ccc(OC(=O)Oc2ccccc2)c(Cl)c1. The van der Waals surface area contributed by atoms with E-state index in [0.29, 0.717) is 11.5 Å². The highest BCUT2D eigenvalue weighted by molar-refractivity contribution is 6.32. The van der Waals surface area contributed by atoms with Crippen molar-refractivity contribution in [1.29, 1.82) is 0 Å². The summed E-state index contributed by atoms with van der Waals surface area (Å²) in [6.07, 6.45) is -1.87. The van der Waals surface area contributed by atoms with Crippen LogP contribution in [-0.2, 0) is 0 Å². The number of hydrogen-bond acceptors (Lipinski definition) is 6. The molecule has 7 heteroatoms. The molecule has 0 aliphatic heterocycles. The van der Waals surface area contributed by atoms with Crippen molar-refractivity contribution in [3.05, 3.63) is 83.9 Å². The molecule has 0 heterocycles. The van der Waals surface area contributed by atoms with Gasteiger partial charge in [0, 0.05) is 6.07 Å². The normalized spacial score (nSPS) is 9.96. The van der Waals surface area contributed by atoms with E-state index in [1.807, 2.05) is 0 Å². The maximum atomic E-state index is 11.8. The van der Waals surface area contributed by atoms with Crippen molar-refractivity contribution in [2.45, 2.75) is 0 Å². The predicted octanol–water partition coefficient (Wildman–Crippen LogP) is 5.50. The number of carbonyl (C=O) groups excluding carboxylic acids is 2. The summed E-state index contributed by atoms with van der Waals surface area (Å²) in [6, 6.07) is 21.0. The fourth-order valence-electron chi connectivity index (χ4n) is 2.03. The Hall–Kier alpha value is -3.51. The minimum Gasteiger partial charge on any atom is -0.395 e. The summed E-state index contributed by atoms with van der Waals surface area (Å²) in [6.45, 7) is 0. The number of benzene rings is 3. The largest absolute Gasteiger partial charge is 0.519 e. The first kappa shape index (κ1) is 18.3. The van der Waals surface area contributed by atoms with E-state index in [4.69, 9.17) is 30.5 Å². The van der Waals surface area contributed by atoms with Gasteiger partial charge in [0.25, 0.3) is 0 Å².